The molecule has 1 amide bonds. The van der Waals surface area contributed by atoms with E-state index in [0.717, 1.165) is 19.0 Å². The van der Waals surface area contributed by atoms with Crippen molar-refractivity contribution in [2.24, 2.45) is 13.0 Å². The van der Waals surface area contributed by atoms with Gasteiger partial charge >= 0.3 is 6.18 Å². The fraction of sp³-hybridized carbons (Fsp3) is 0.517. The number of methoxy groups -OCH3 is 1. The third kappa shape index (κ3) is 6.31. The molecule has 2 aromatic heterocycles. The number of pyridine rings is 1. The Morgan fingerprint density at radius 1 is 1.24 bits per heavy atom. The van der Waals surface area contributed by atoms with Gasteiger partial charge in [-0.2, -0.15) is 18.3 Å². The van der Waals surface area contributed by atoms with Gasteiger partial charge in [0, 0.05) is 41.3 Å². The number of carbonyl (C=O) groups excluding carboxylic acids is 2. The zero-order valence-corrected chi connectivity index (χ0v) is 25.7. The first-order chi connectivity index (χ1) is 20.6. The molecule has 0 radical (unpaired) electrons. The number of rotatable bonds is 10. The molecule has 3 aromatic rings. The second-order valence-corrected chi connectivity index (χ2v) is 16.7. The zero-order valence-electron chi connectivity index (χ0n) is 27.7. The van der Waals surface area contributed by atoms with E-state index < -0.39 is 44.7 Å². The summed E-state index contributed by atoms with van der Waals surface area (Å²) in [5, 5.41) is 9.80. The highest BCUT2D eigenvalue weighted by Crippen LogP contribution is 2.49. The number of ether oxygens (including phenoxy) is 1. The predicted octanol–water partition coefficient (Wildman–Crippen LogP) is 7.29. The second-order valence-electron chi connectivity index (χ2n) is 12.0. The van der Waals surface area contributed by atoms with E-state index >= 15 is 0 Å². The monoisotopic (exact) mass is 608 g/mol. The molecule has 1 aromatic carbocycles. The maximum Gasteiger partial charge on any atom is 0.417 e. The maximum absolute atomic E-state index is 14.7. The zero-order chi connectivity index (χ0) is 33.7. The molecule has 1 saturated carbocycles. The predicted molar refractivity (Wildman–Crippen MR) is 158 cm³/mol. The Morgan fingerprint density at radius 2 is 1.93 bits per heavy atom. The summed E-state index contributed by atoms with van der Waals surface area (Å²) in [5.74, 6) is -1.13. The Morgan fingerprint density at radius 3 is 2.50 bits per heavy atom. The number of ketones is 1. The van der Waals surface area contributed by atoms with Crippen molar-refractivity contribution in [1.29, 1.82) is 0 Å². The normalized spacial score (nSPS) is 16.4. The maximum atomic E-state index is 14.7. The lowest BCUT2D eigenvalue weighted by Crippen LogP contribution is -2.44. The smallest absolute Gasteiger partial charge is 0.417 e. The number of hydrogen-bond donors (Lipinski definition) is 2. The molecule has 1 unspecified atom stereocenters. The van der Waals surface area contributed by atoms with Gasteiger partial charge in [0.05, 0.1) is 29.3 Å². The molecular weight excluding hydrogens is 567 g/mol. The highest BCUT2D eigenvalue weighted by molar-refractivity contribution is 6.74. The van der Waals surface area contributed by atoms with Crippen molar-refractivity contribution >= 4 is 48.2 Å². The molecule has 9 nitrogen and oxygen atoms in total. The number of benzene rings is 1. The van der Waals surface area contributed by atoms with Gasteiger partial charge in [-0.15, -0.1) is 0 Å². The Labute approximate surface area is 248 Å². The number of nitrogens with one attached hydrogen (secondary N) is 2. The Hall–Kier alpha value is -3.45. The van der Waals surface area contributed by atoms with E-state index in [4.69, 9.17) is 13.3 Å². The van der Waals surface area contributed by atoms with Crippen LogP contribution in [-0.4, -0.2) is 48.1 Å². The summed E-state index contributed by atoms with van der Waals surface area (Å²) in [6.45, 7) is 6.43. The summed E-state index contributed by atoms with van der Waals surface area (Å²) < 4.78 is 79.6. The van der Waals surface area contributed by atoms with E-state index in [1.807, 2.05) is 20.8 Å². The van der Waals surface area contributed by atoms with Crippen molar-refractivity contribution in [3.8, 4) is 5.75 Å². The summed E-state index contributed by atoms with van der Waals surface area (Å²) in [6, 6.07) is 4.15. The van der Waals surface area contributed by atoms with E-state index in [0.29, 0.717) is 5.52 Å². The van der Waals surface area contributed by atoms with Gasteiger partial charge in [-0.1, -0.05) is 33.7 Å². The van der Waals surface area contributed by atoms with Gasteiger partial charge in [-0.05, 0) is 37.0 Å². The van der Waals surface area contributed by atoms with Gasteiger partial charge in [0.25, 0.3) is 0 Å². The standard InChI is InChI=1S/C29H38F3N5O4Si/c1-9-21(38)18-15-33-22(35-27(39)16-10-11-16)14-19(18)34-26-23-20(37(5)36-26)13-12-17(24(23)40-6)25(29(30,31)32)41-42(7,8)28(2,3)4/h12-16,25H,9-11H2,1-8H3,(H2,33,34,35,36,39)/i1D3. The van der Waals surface area contributed by atoms with E-state index in [-0.39, 0.29) is 51.4 Å². The molecule has 4 rings (SSSR count). The molecule has 0 aliphatic heterocycles. The lowest BCUT2D eigenvalue weighted by Gasteiger charge is -2.40. The third-order valence-corrected chi connectivity index (χ3v) is 12.3. The van der Waals surface area contributed by atoms with Crippen molar-refractivity contribution in [3.05, 3.63) is 35.5 Å². The molecule has 13 heteroatoms. The van der Waals surface area contributed by atoms with Crippen molar-refractivity contribution in [2.45, 2.75) is 77.3 Å². The minimum atomic E-state index is -4.78. The second kappa shape index (κ2) is 11.3. The summed E-state index contributed by atoms with van der Waals surface area (Å²) >= 11 is 0. The topological polar surface area (TPSA) is 107 Å². The number of Topliss-reactive ketones (excluding diaryl/α,β-unsaturated/α-hetero) is 1. The molecule has 1 aliphatic rings. The quantitative estimate of drug-likeness (QED) is 0.184. The molecule has 0 bridgehead atoms. The molecule has 1 fully saturated rings. The first-order valence-electron chi connectivity index (χ1n) is 15.0. The van der Waals surface area contributed by atoms with Gasteiger partial charge in [-0.25, -0.2) is 4.98 Å². The van der Waals surface area contributed by atoms with Crippen LogP contribution < -0.4 is 15.4 Å². The summed E-state index contributed by atoms with van der Waals surface area (Å²) in [4.78, 5) is 29.6. The van der Waals surface area contributed by atoms with Crippen LogP contribution in [0.1, 0.15) is 73.0 Å². The van der Waals surface area contributed by atoms with Crippen LogP contribution in [0, 0.1) is 5.92 Å². The average Bonchev–Trinajstić information content (AvgIpc) is 3.69. The molecule has 1 aliphatic carbocycles. The molecule has 2 N–H and O–H groups in total. The molecular formula is C29H38F3N5O4Si. The lowest BCUT2D eigenvalue weighted by molar-refractivity contribution is -0.201. The fourth-order valence-corrected chi connectivity index (χ4v) is 5.48. The number of hydrogen-bond acceptors (Lipinski definition) is 7. The molecule has 228 valence electrons. The number of halogens is 3. The minimum absolute atomic E-state index is 0.0352. The Kier molecular flexibility index (Phi) is 7.38. The third-order valence-electron chi connectivity index (χ3n) is 7.82. The number of aryl methyl sites for hydroxylation is 1. The van der Waals surface area contributed by atoms with Crippen LogP contribution in [0.15, 0.2) is 24.4 Å². The fourth-order valence-electron chi connectivity index (χ4n) is 4.28. The van der Waals surface area contributed by atoms with Crippen LogP contribution >= 0.6 is 0 Å². The van der Waals surface area contributed by atoms with Crippen LogP contribution in [0.2, 0.25) is 18.1 Å². The van der Waals surface area contributed by atoms with Gasteiger partial charge in [0.15, 0.2) is 26.0 Å². The van der Waals surface area contributed by atoms with Gasteiger partial charge in [-0.3, -0.25) is 14.3 Å². The van der Waals surface area contributed by atoms with Crippen molar-refractivity contribution in [1.82, 2.24) is 14.8 Å². The lowest BCUT2D eigenvalue weighted by atomic mass is 10.0. The number of amides is 1. The first kappa shape index (κ1) is 27.4. The average molecular weight is 609 g/mol. The highest BCUT2D eigenvalue weighted by atomic mass is 28.4. The van der Waals surface area contributed by atoms with Crippen LogP contribution in [-0.2, 0) is 16.3 Å². The number of anilines is 3. The van der Waals surface area contributed by atoms with Gasteiger partial charge < -0.3 is 19.8 Å². The molecule has 1 atom stereocenters. The Bertz CT molecular complexity index is 1620. The van der Waals surface area contributed by atoms with Gasteiger partial charge in [0.2, 0.25) is 5.91 Å². The van der Waals surface area contributed by atoms with Crippen LogP contribution in [0.25, 0.3) is 10.9 Å². The number of alkyl halides is 3. The van der Waals surface area contributed by atoms with Crippen LogP contribution in [0.5, 0.6) is 5.75 Å². The first-order valence-corrected chi connectivity index (χ1v) is 16.4. The minimum Gasteiger partial charge on any atom is -0.496 e. The molecule has 0 spiro atoms. The molecule has 42 heavy (non-hydrogen) atoms. The summed E-state index contributed by atoms with van der Waals surface area (Å²) in [5.41, 5.74) is 0.129. The Balaban J connectivity index is 1.86. The largest absolute Gasteiger partial charge is 0.496 e. The van der Waals surface area contributed by atoms with Crippen LogP contribution in [0.4, 0.5) is 30.5 Å². The highest BCUT2D eigenvalue weighted by Gasteiger charge is 2.50. The van der Waals surface area contributed by atoms with E-state index in [1.54, 1.807) is 20.1 Å². The van der Waals surface area contributed by atoms with E-state index in [9.17, 15) is 22.8 Å². The van der Waals surface area contributed by atoms with Crippen LogP contribution in [0.3, 0.4) is 0 Å². The van der Waals surface area contributed by atoms with E-state index in [1.165, 1.54) is 30.0 Å². The molecule has 0 saturated heterocycles. The SMILES string of the molecule is [2H]C([2H])([2H])CC(=O)c1cnc(NC(=O)C2CC2)cc1Nc1nn(C)c2ccc(C(O[Si](C)(C)C(C)(C)C)C(F)(F)F)c(OC)c12. The van der Waals surface area contributed by atoms with Crippen molar-refractivity contribution in [3.63, 3.8) is 0 Å². The number of carbonyl (C=O) groups is 2. The van der Waals surface area contributed by atoms with Gasteiger partial charge in [0.1, 0.15) is 11.6 Å². The molecule has 2 heterocycles. The summed E-state index contributed by atoms with van der Waals surface area (Å²) in [7, 11) is -0.0936. The van der Waals surface area contributed by atoms with E-state index in [2.05, 4.69) is 20.7 Å². The van der Waals surface area contributed by atoms with Crippen molar-refractivity contribution < 1.29 is 36.0 Å². The number of fused-ring (bicyclic) bond motifs is 1. The number of nitrogens with zero attached hydrogens (tertiary/aromatic N) is 3. The van der Waals surface area contributed by atoms with Crippen molar-refractivity contribution in [2.75, 3.05) is 17.7 Å². The summed E-state index contributed by atoms with van der Waals surface area (Å²) in [6.07, 6.45) is -5.22. The number of aromatic nitrogens is 3.